The van der Waals surface area contributed by atoms with Crippen LogP contribution in [0.5, 0.6) is 5.75 Å². The number of benzene rings is 2. The van der Waals surface area contributed by atoms with Crippen molar-refractivity contribution in [1.29, 1.82) is 0 Å². The van der Waals surface area contributed by atoms with Crippen molar-refractivity contribution in [1.82, 2.24) is 10.2 Å². The summed E-state index contributed by atoms with van der Waals surface area (Å²) in [7, 11) is 1.83. The van der Waals surface area contributed by atoms with Crippen LogP contribution in [0, 0.1) is 5.92 Å². The summed E-state index contributed by atoms with van der Waals surface area (Å²) in [6.45, 7) is 3.30. The Labute approximate surface area is 202 Å². The lowest BCUT2D eigenvalue weighted by molar-refractivity contribution is -0.149. The molecule has 2 saturated carbocycles. The summed E-state index contributed by atoms with van der Waals surface area (Å²) in [5.74, 6) is 1.11. The molecule has 0 aromatic heterocycles. The molecule has 6 nitrogen and oxygen atoms in total. The Morgan fingerprint density at radius 2 is 1.94 bits per heavy atom. The number of hydrogen-bond acceptors (Lipinski definition) is 5. The van der Waals surface area contributed by atoms with E-state index in [2.05, 4.69) is 16.3 Å². The molecule has 2 aromatic rings. The summed E-state index contributed by atoms with van der Waals surface area (Å²) in [5, 5.41) is 13.4. The van der Waals surface area contributed by atoms with E-state index in [1.165, 1.54) is 12.8 Å². The second kappa shape index (κ2) is 9.59. The summed E-state index contributed by atoms with van der Waals surface area (Å²) >= 11 is 0. The van der Waals surface area contributed by atoms with Crippen molar-refractivity contribution in [2.75, 3.05) is 26.7 Å². The number of phenolic OH excluding ortho intramolecular Hbond substituents is 1. The van der Waals surface area contributed by atoms with Gasteiger partial charge in [-0.15, -0.1) is 0 Å². The van der Waals surface area contributed by atoms with E-state index in [9.17, 15) is 9.90 Å². The number of hydrogen-bond donors (Lipinski definition) is 2. The van der Waals surface area contributed by atoms with Crippen LogP contribution in [0.25, 0.3) is 0 Å². The number of carbonyl (C=O) groups excluding carboxylic acids is 1. The minimum Gasteiger partial charge on any atom is -0.508 e. The number of nitrogens with one attached hydrogen (secondary N) is 1. The van der Waals surface area contributed by atoms with Crippen molar-refractivity contribution in [2.45, 2.75) is 62.2 Å². The summed E-state index contributed by atoms with van der Waals surface area (Å²) in [6, 6.07) is 17.4. The molecule has 182 valence electrons. The third-order valence-electron chi connectivity index (χ3n) is 8.23. The second-order valence-corrected chi connectivity index (χ2v) is 10.4. The molecule has 3 fully saturated rings. The molecule has 3 aliphatic rings. The molecule has 1 heterocycles. The van der Waals surface area contributed by atoms with Crippen LogP contribution in [0.3, 0.4) is 0 Å². The molecule has 1 saturated heterocycles. The van der Waals surface area contributed by atoms with Gasteiger partial charge in [-0.05, 0) is 74.2 Å². The van der Waals surface area contributed by atoms with E-state index >= 15 is 0 Å². The van der Waals surface area contributed by atoms with Crippen LogP contribution in [-0.2, 0) is 21.5 Å². The summed E-state index contributed by atoms with van der Waals surface area (Å²) in [5.41, 5.74) is 1.44. The number of alkyl carbamates (subject to hydrolysis) is 1. The molecule has 0 unspecified atom stereocenters. The first-order valence-electron chi connectivity index (χ1n) is 12.6. The van der Waals surface area contributed by atoms with Crippen molar-refractivity contribution in [3.63, 3.8) is 0 Å². The summed E-state index contributed by atoms with van der Waals surface area (Å²) < 4.78 is 11.9. The fourth-order valence-corrected chi connectivity index (χ4v) is 6.27. The van der Waals surface area contributed by atoms with Gasteiger partial charge in [0.2, 0.25) is 0 Å². The predicted molar refractivity (Wildman–Crippen MR) is 131 cm³/mol. The molecule has 5 rings (SSSR count). The zero-order chi connectivity index (χ0) is 23.6. The Morgan fingerprint density at radius 1 is 1.12 bits per heavy atom. The van der Waals surface area contributed by atoms with Gasteiger partial charge in [0.1, 0.15) is 12.4 Å². The lowest BCUT2D eigenvalue weighted by Gasteiger charge is -2.60. The lowest BCUT2D eigenvalue weighted by atomic mass is 9.55. The minimum absolute atomic E-state index is 0.0103. The topological polar surface area (TPSA) is 71.0 Å². The average molecular weight is 465 g/mol. The number of carbonyl (C=O) groups is 1. The van der Waals surface area contributed by atoms with Crippen LogP contribution in [0.15, 0.2) is 54.6 Å². The Morgan fingerprint density at radius 3 is 2.68 bits per heavy atom. The number of phenols is 1. The third-order valence-corrected chi connectivity index (χ3v) is 8.23. The number of rotatable bonds is 7. The maximum absolute atomic E-state index is 12.7. The van der Waals surface area contributed by atoms with E-state index in [4.69, 9.17) is 9.47 Å². The highest BCUT2D eigenvalue weighted by atomic mass is 16.5. The Hall–Kier alpha value is -2.57. The minimum atomic E-state index is -0.379. The van der Waals surface area contributed by atoms with Crippen LogP contribution in [0.2, 0.25) is 0 Å². The van der Waals surface area contributed by atoms with Crippen molar-refractivity contribution in [2.24, 2.45) is 5.92 Å². The molecule has 0 spiro atoms. The van der Waals surface area contributed by atoms with E-state index in [1.807, 2.05) is 49.6 Å². The first-order valence-corrected chi connectivity index (χ1v) is 12.6. The molecule has 0 radical (unpaired) electrons. The van der Waals surface area contributed by atoms with E-state index < -0.39 is 0 Å². The van der Waals surface area contributed by atoms with Gasteiger partial charge in [-0.2, -0.15) is 0 Å². The van der Waals surface area contributed by atoms with Crippen molar-refractivity contribution in [3.05, 3.63) is 65.7 Å². The SMILES string of the molecule is CO[C@]12CC[C@H](NC(=O)OCc3ccccc3)C[C@]1(c1cccc(O)c1)CCN(CC1CC1)C2. The number of likely N-dealkylation sites (tertiary alicyclic amines) is 1. The Bertz CT molecular complexity index is 995. The maximum Gasteiger partial charge on any atom is 0.407 e. The van der Waals surface area contributed by atoms with E-state index in [1.54, 1.807) is 6.07 Å². The summed E-state index contributed by atoms with van der Waals surface area (Å²) in [4.78, 5) is 15.2. The van der Waals surface area contributed by atoms with E-state index in [-0.39, 0.29) is 35.5 Å². The number of aromatic hydroxyl groups is 1. The zero-order valence-corrected chi connectivity index (χ0v) is 20.0. The molecule has 34 heavy (non-hydrogen) atoms. The number of amides is 1. The third kappa shape index (κ3) is 4.66. The Kier molecular flexibility index (Phi) is 6.54. The second-order valence-electron chi connectivity index (χ2n) is 10.4. The van der Waals surface area contributed by atoms with Gasteiger partial charge in [-0.1, -0.05) is 42.5 Å². The molecule has 2 aromatic carbocycles. The maximum atomic E-state index is 12.7. The van der Waals surface area contributed by atoms with Crippen LogP contribution in [0.1, 0.15) is 49.7 Å². The van der Waals surface area contributed by atoms with Crippen LogP contribution in [0.4, 0.5) is 4.79 Å². The van der Waals surface area contributed by atoms with Gasteiger partial charge in [0, 0.05) is 31.7 Å². The fraction of sp³-hybridized carbons (Fsp3) is 0.536. The van der Waals surface area contributed by atoms with Gasteiger partial charge in [0.15, 0.2) is 0 Å². The quantitative estimate of drug-likeness (QED) is 0.626. The molecular weight excluding hydrogens is 428 g/mol. The Balaban J connectivity index is 1.35. The number of fused-ring (bicyclic) bond motifs is 1. The fourth-order valence-electron chi connectivity index (χ4n) is 6.27. The van der Waals surface area contributed by atoms with Gasteiger partial charge < -0.3 is 24.8 Å². The summed E-state index contributed by atoms with van der Waals surface area (Å²) in [6.07, 6.45) is 5.69. The molecule has 1 amide bonds. The number of piperidine rings is 1. The van der Waals surface area contributed by atoms with Gasteiger partial charge in [0.05, 0.1) is 5.60 Å². The molecule has 1 aliphatic heterocycles. The molecule has 6 heteroatoms. The highest BCUT2D eigenvalue weighted by molar-refractivity contribution is 5.67. The normalized spacial score (nSPS) is 29.3. The van der Waals surface area contributed by atoms with Crippen LogP contribution < -0.4 is 5.32 Å². The molecule has 3 atom stereocenters. The predicted octanol–water partition coefficient (Wildman–Crippen LogP) is 4.61. The monoisotopic (exact) mass is 464 g/mol. The van der Waals surface area contributed by atoms with Crippen LogP contribution in [-0.4, -0.2) is 54.5 Å². The van der Waals surface area contributed by atoms with Crippen LogP contribution >= 0.6 is 0 Å². The average Bonchev–Trinajstić information content (AvgIpc) is 3.67. The zero-order valence-electron chi connectivity index (χ0n) is 20.0. The highest BCUT2D eigenvalue weighted by Gasteiger charge is 2.59. The van der Waals surface area contributed by atoms with Crippen molar-refractivity contribution < 1.29 is 19.4 Å². The van der Waals surface area contributed by atoms with E-state index in [0.717, 1.165) is 62.4 Å². The molecule has 0 bridgehead atoms. The first-order chi connectivity index (χ1) is 16.5. The smallest absolute Gasteiger partial charge is 0.407 e. The highest BCUT2D eigenvalue weighted by Crippen LogP contribution is 2.54. The van der Waals surface area contributed by atoms with Gasteiger partial charge in [0.25, 0.3) is 0 Å². The first kappa shape index (κ1) is 23.2. The molecule has 2 aliphatic carbocycles. The van der Waals surface area contributed by atoms with Gasteiger partial charge >= 0.3 is 6.09 Å². The van der Waals surface area contributed by atoms with Gasteiger partial charge in [-0.25, -0.2) is 4.79 Å². The standard InChI is InChI=1S/C28H36N2O4/c1-33-28-13-12-24(29-26(32)34-19-22-6-3-2-4-7-22)17-27(28,23-8-5-9-25(31)16-23)14-15-30(20-28)18-21-10-11-21/h2-9,16,21,24,31H,10-15,17-20H2,1H3,(H,29,32)/t24-,27-,28-/m0/s1. The molecule has 2 N–H and O–H groups in total. The lowest BCUT2D eigenvalue weighted by Crippen LogP contribution is -2.68. The number of nitrogens with zero attached hydrogens (tertiary/aromatic N) is 1. The number of methoxy groups -OCH3 is 1. The number of ether oxygens (including phenoxy) is 2. The molecular formula is C28H36N2O4. The van der Waals surface area contributed by atoms with E-state index in [0.29, 0.717) is 0 Å². The van der Waals surface area contributed by atoms with Gasteiger partial charge in [-0.3, -0.25) is 0 Å². The van der Waals surface area contributed by atoms with Crippen molar-refractivity contribution in [3.8, 4) is 5.75 Å². The largest absolute Gasteiger partial charge is 0.508 e. The van der Waals surface area contributed by atoms with Crippen molar-refractivity contribution >= 4 is 6.09 Å².